The van der Waals surface area contributed by atoms with Gasteiger partial charge in [0, 0.05) is 30.5 Å². The molecule has 1 saturated heterocycles. The molecule has 7 nitrogen and oxygen atoms in total. The van der Waals surface area contributed by atoms with Crippen molar-refractivity contribution in [3.8, 4) is 5.75 Å². The van der Waals surface area contributed by atoms with Gasteiger partial charge >= 0.3 is 0 Å². The lowest BCUT2D eigenvalue weighted by atomic mass is 10.2. The van der Waals surface area contributed by atoms with Gasteiger partial charge in [-0.3, -0.25) is 9.59 Å². The van der Waals surface area contributed by atoms with Gasteiger partial charge < -0.3 is 20.3 Å². The number of benzene rings is 2. The highest BCUT2D eigenvalue weighted by molar-refractivity contribution is 6.08. The van der Waals surface area contributed by atoms with Gasteiger partial charge in [0.2, 0.25) is 5.91 Å². The van der Waals surface area contributed by atoms with Crippen molar-refractivity contribution in [2.45, 2.75) is 12.8 Å². The van der Waals surface area contributed by atoms with Gasteiger partial charge in [-0.15, -0.1) is 0 Å². The second-order valence-electron chi connectivity index (χ2n) is 6.87. The van der Waals surface area contributed by atoms with Crippen LogP contribution in [0.25, 0.3) is 0 Å². The Bertz CT molecular complexity index is 1070. The summed E-state index contributed by atoms with van der Waals surface area (Å²) in [6.07, 6.45) is 3.08. The summed E-state index contributed by atoms with van der Waals surface area (Å²) in [5, 5.41) is 6.06. The number of nitrogens with one attached hydrogen (secondary N) is 2. The molecule has 1 aliphatic rings. The lowest BCUT2D eigenvalue weighted by molar-refractivity contribution is -0.117. The Morgan fingerprint density at radius 3 is 2.60 bits per heavy atom. The van der Waals surface area contributed by atoms with Crippen LogP contribution in [-0.2, 0) is 4.79 Å². The number of methoxy groups -OCH3 is 1. The van der Waals surface area contributed by atoms with Crippen LogP contribution in [0.5, 0.6) is 5.75 Å². The number of ether oxygens (including phenoxy) is 1. The number of para-hydroxylation sites is 2. The maximum Gasteiger partial charge on any atom is 0.259 e. The van der Waals surface area contributed by atoms with Crippen molar-refractivity contribution in [2.24, 2.45) is 0 Å². The Hall–Kier alpha value is -3.87. The third-order valence-electron chi connectivity index (χ3n) is 4.92. The fraction of sp³-hybridized carbons (Fsp3) is 0.174. The first-order chi connectivity index (χ1) is 14.7. The van der Waals surface area contributed by atoms with Crippen LogP contribution in [0.2, 0.25) is 0 Å². The predicted octanol–water partition coefficient (Wildman–Crippen LogP) is 4.21. The number of anilines is 4. The highest BCUT2D eigenvalue weighted by Crippen LogP contribution is 2.28. The normalized spacial score (nSPS) is 13.2. The summed E-state index contributed by atoms with van der Waals surface area (Å²) in [7, 11) is 1.59. The van der Waals surface area contributed by atoms with Crippen LogP contribution in [-0.4, -0.2) is 30.5 Å². The third kappa shape index (κ3) is 4.10. The Morgan fingerprint density at radius 1 is 1.07 bits per heavy atom. The molecule has 1 aliphatic heterocycles. The van der Waals surface area contributed by atoms with E-state index in [1.807, 2.05) is 36.4 Å². The molecule has 0 unspecified atom stereocenters. The van der Waals surface area contributed by atoms with Crippen LogP contribution >= 0.6 is 0 Å². The molecule has 3 aromatic rings. The summed E-state index contributed by atoms with van der Waals surface area (Å²) in [5.41, 5.74) is 2.60. The molecule has 0 saturated carbocycles. The summed E-state index contributed by atoms with van der Waals surface area (Å²) in [5.74, 6) is 0.931. The maximum absolute atomic E-state index is 12.9. The van der Waals surface area contributed by atoms with E-state index in [0.29, 0.717) is 34.9 Å². The van der Waals surface area contributed by atoms with Crippen molar-refractivity contribution in [1.29, 1.82) is 0 Å². The van der Waals surface area contributed by atoms with Crippen LogP contribution in [0, 0.1) is 0 Å². The minimum atomic E-state index is -0.287. The van der Waals surface area contributed by atoms with Crippen LogP contribution in [0.1, 0.15) is 23.2 Å². The van der Waals surface area contributed by atoms with Crippen LogP contribution in [0.15, 0.2) is 66.9 Å². The van der Waals surface area contributed by atoms with Gasteiger partial charge in [0.25, 0.3) is 5.91 Å². The van der Waals surface area contributed by atoms with E-state index in [4.69, 9.17) is 4.74 Å². The summed E-state index contributed by atoms with van der Waals surface area (Å²) in [6.45, 7) is 0.734. The van der Waals surface area contributed by atoms with E-state index < -0.39 is 0 Å². The van der Waals surface area contributed by atoms with E-state index >= 15 is 0 Å². The fourth-order valence-electron chi connectivity index (χ4n) is 3.41. The second-order valence-corrected chi connectivity index (χ2v) is 6.87. The standard InChI is InChI=1S/C23H22N4O3/c1-30-20-8-3-2-7-19(20)26-22-18(6-4-14-24-22)23(29)25-16-10-12-17(13-11-16)27-15-5-9-21(27)28/h2-4,6-8,10-14H,5,9,15H2,1H3,(H,24,26)(H,25,29). The van der Waals surface area contributed by atoms with Crippen molar-refractivity contribution in [2.75, 3.05) is 29.2 Å². The summed E-state index contributed by atoms with van der Waals surface area (Å²) in [6, 6.07) is 18.1. The van der Waals surface area contributed by atoms with E-state index in [9.17, 15) is 9.59 Å². The van der Waals surface area contributed by atoms with Crippen molar-refractivity contribution in [3.05, 3.63) is 72.4 Å². The lowest BCUT2D eigenvalue weighted by Gasteiger charge is -2.16. The van der Waals surface area contributed by atoms with Crippen molar-refractivity contribution in [3.63, 3.8) is 0 Å². The molecule has 2 amide bonds. The number of carbonyl (C=O) groups excluding carboxylic acids is 2. The Kier molecular flexibility index (Phi) is 5.61. The van der Waals surface area contributed by atoms with E-state index in [1.165, 1.54) is 0 Å². The number of amides is 2. The molecule has 0 atom stereocenters. The van der Waals surface area contributed by atoms with E-state index in [-0.39, 0.29) is 11.8 Å². The monoisotopic (exact) mass is 402 g/mol. The first-order valence-electron chi connectivity index (χ1n) is 9.72. The van der Waals surface area contributed by atoms with Crippen molar-refractivity contribution in [1.82, 2.24) is 4.98 Å². The smallest absolute Gasteiger partial charge is 0.259 e. The molecule has 4 rings (SSSR count). The highest BCUT2D eigenvalue weighted by atomic mass is 16.5. The van der Waals surface area contributed by atoms with E-state index in [1.54, 1.807) is 42.5 Å². The van der Waals surface area contributed by atoms with Crippen molar-refractivity contribution >= 4 is 34.7 Å². The van der Waals surface area contributed by atoms with Gasteiger partial charge in [-0.05, 0) is 55.0 Å². The zero-order chi connectivity index (χ0) is 20.9. The molecule has 0 radical (unpaired) electrons. The third-order valence-corrected chi connectivity index (χ3v) is 4.92. The van der Waals surface area contributed by atoms with Gasteiger partial charge in [-0.25, -0.2) is 4.98 Å². The van der Waals surface area contributed by atoms with Crippen molar-refractivity contribution < 1.29 is 14.3 Å². The predicted molar refractivity (Wildman–Crippen MR) is 116 cm³/mol. The molecule has 2 heterocycles. The molecule has 2 N–H and O–H groups in total. The zero-order valence-corrected chi connectivity index (χ0v) is 16.6. The van der Waals surface area contributed by atoms with Crippen LogP contribution in [0.3, 0.4) is 0 Å². The molecule has 152 valence electrons. The quantitative estimate of drug-likeness (QED) is 0.645. The maximum atomic E-state index is 12.9. The van der Waals surface area contributed by atoms with Gasteiger partial charge in [0.05, 0.1) is 18.4 Å². The average Bonchev–Trinajstić information content (AvgIpc) is 3.21. The Labute approximate surface area is 174 Å². The number of hydrogen-bond donors (Lipinski definition) is 2. The fourth-order valence-corrected chi connectivity index (χ4v) is 3.41. The lowest BCUT2D eigenvalue weighted by Crippen LogP contribution is -2.23. The van der Waals surface area contributed by atoms with Gasteiger partial charge in [-0.2, -0.15) is 0 Å². The minimum Gasteiger partial charge on any atom is -0.495 e. The zero-order valence-electron chi connectivity index (χ0n) is 16.6. The Morgan fingerprint density at radius 2 is 1.87 bits per heavy atom. The van der Waals surface area contributed by atoms with Crippen LogP contribution < -0.4 is 20.3 Å². The van der Waals surface area contributed by atoms with Gasteiger partial charge in [0.1, 0.15) is 11.6 Å². The molecular formula is C23H22N4O3. The molecule has 1 aromatic heterocycles. The molecule has 0 aliphatic carbocycles. The number of aromatic nitrogens is 1. The second kappa shape index (κ2) is 8.65. The summed E-state index contributed by atoms with van der Waals surface area (Å²) >= 11 is 0. The summed E-state index contributed by atoms with van der Waals surface area (Å²) < 4.78 is 5.36. The SMILES string of the molecule is COc1ccccc1Nc1ncccc1C(=O)Nc1ccc(N2CCCC2=O)cc1. The number of nitrogens with zero attached hydrogens (tertiary/aromatic N) is 2. The highest BCUT2D eigenvalue weighted by Gasteiger charge is 2.21. The number of hydrogen-bond acceptors (Lipinski definition) is 5. The first kappa shape index (κ1) is 19.4. The molecule has 7 heteroatoms. The topological polar surface area (TPSA) is 83.6 Å². The van der Waals surface area contributed by atoms with E-state index in [2.05, 4.69) is 15.6 Å². The molecular weight excluding hydrogens is 380 g/mol. The molecule has 0 spiro atoms. The molecule has 2 aromatic carbocycles. The number of carbonyl (C=O) groups is 2. The number of pyridine rings is 1. The van der Waals surface area contributed by atoms with Gasteiger partial charge in [0.15, 0.2) is 0 Å². The molecule has 30 heavy (non-hydrogen) atoms. The molecule has 0 bridgehead atoms. The largest absolute Gasteiger partial charge is 0.495 e. The molecule has 1 fully saturated rings. The average molecular weight is 402 g/mol. The van der Waals surface area contributed by atoms with E-state index in [0.717, 1.165) is 18.7 Å². The minimum absolute atomic E-state index is 0.134. The first-order valence-corrected chi connectivity index (χ1v) is 9.72. The van der Waals surface area contributed by atoms with Crippen LogP contribution in [0.4, 0.5) is 22.9 Å². The van der Waals surface area contributed by atoms with Gasteiger partial charge in [-0.1, -0.05) is 12.1 Å². The Balaban J connectivity index is 1.51. The number of rotatable bonds is 6. The summed E-state index contributed by atoms with van der Waals surface area (Å²) in [4.78, 5) is 30.9.